The van der Waals surface area contributed by atoms with Crippen LogP contribution in [0.4, 0.5) is 34.1 Å². The van der Waals surface area contributed by atoms with Gasteiger partial charge in [0.05, 0.1) is 28.2 Å². The van der Waals surface area contributed by atoms with Crippen molar-refractivity contribution in [3.05, 3.63) is 277 Å². The van der Waals surface area contributed by atoms with Crippen molar-refractivity contribution >= 4 is 77.2 Å². The van der Waals surface area contributed by atoms with Crippen molar-refractivity contribution in [2.75, 3.05) is 9.80 Å². The van der Waals surface area contributed by atoms with Crippen LogP contribution in [-0.2, 0) is 5.41 Å². The molecular formula is C65H42N2. The van der Waals surface area contributed by atoms with Gasteiger partial charge in [-0.15, -0.1) is 0 Å². The molecule has 0 saturated carbocycles. The molecule has 0 radical (unpaired) electrons. The zero-order chi connectivity index (χ0) is 44.1. The fourth-order valence-corrected chi connectivity index (χ4v) is 11.8. The summed E-state index contributed by atoms with van der Waals surface area (Å²) in [5, 5.41) is 9.68. The average molecular weight is 851 g/mol. The van der Waals surface area contributed by atoms with Crippen LogP contribution in [0.5, 0.6) is 0 Å². The molecule has 0 N–H and O–H groups in total. The van der Waals surface area contributed by atoms with E-state index < -0.39 is 5.41 Å². The Hall–Kier alpha value is -8.72. The minimum Gasteiger partial charge on any atom is -0.309 e. The van der Waals surface area contributed by atoms with Crippen molar-refractivity contribution < 1.29 is 0 Å². The monoisotopic (exact) mass is 850 g/mol. The maximum Gasteiger partial charge on any atom is 0.0727 e. The van der Waals surface area contributed by atoms with Gasteiger partial charge in [0.25, 0.3) is 0 Å². The molecule has 0 atom stereocenters. The van der Waals surface area contributed by atoms with Crippen LogP contribution in [0, 0.1) is 0 Å². The summed E-state index contributed by atoms with van der Waals surface area (Å²) in [6.45, 7) is 0. The van der Waals surface area contributed by atoms with Crippen LogP contribution in [0.1, 0.15) is 22.3 Å². The average Bonchev–Trinajstić information content (AvgIpc) is 3.86. The highest BCUT2D eigenvalue weighted by atomic mass is 15.2. The molecule has 2 aliphatic rings. The number of benzene rings is 12. The second-order valence-electron chi connectivity index (χ2n) is 18.0. The fourth-order valence-electron chi connectivity index (χ4n) is 11.8. The van der Waals surface area contributed by atoms with Crippen LogP contribution >= 0.6 is 0 Å². The van der Waals surface area contributed by atoms with E-state index in [0.29, 0.717) is 0 Å². The lowest BCUT2D eigenvalue weighted by Crippen LogP contribution is -2.26. The van der Waals surface area contributed by atoms with Gasteiger partial charge in [0.15, 0.2) is 0 Å². The topological polar surface area (TPSA) is 6.48 Å². The second kappa shape index (κ2) is 14.7. The summed E-state index contributed by atoms with van der Waals surface area (Å²) in [6.07, 6.45) is 0. The van der Waals surface area contributed by atoms with Gasteiger partial charge in [-0.05, 0) is 115 Å². The van der Waals surface area contributed by atoms with E-state index in [2.05, 4.69) is 265 Å². The lowest BCUT2D eigenvalue weighted by molar-refractivity contribution is 0.793. The minimum absolute atomic E-state index is 0.601. The van der Waals surface area contributed by atoms with Gasteiger partial charge >= 0.3 is 0 Å². The van der Waals surface area contributed by atoms with Gasteiger partial charge < -0.3 is 9.80 Å². The van der Waals surface area contributed by atoms with Gasteiger partial charge in [0.2, 0.25) is 0 Å². The summed E-state index contributed by atoms with van der Waals surface area (Å²) >= 11 is 0. The Labute approximate surface area is 389 Å². The number of hydrogen-bond acceptors (Lipinski definition) is 2. The van der Waals surface area contributed by atoms with Gasteiger partial charge in [0, 0.05) is 32.9 Å². The van der Waals surface area contributed by atoms with E-state index in [1.807, 2.05) is 0 Å². The molecule has 0 amide bonds. The third-order valence-corrected chi connectivity index (χ3v) is 14.6. The Morgan fingerprint density at radius 2 is 0.507 bits per heavy atom. The standard InChI is InChI=1S/C65H42N2/c1-5-25-49-43(17-1)21-13-33-61(49)66(62-34-14-22-44-18-2-6-26-50(44)62)47-37-39-55-56-40-38-48(42-60(56)65(59(55)41-47)57-31-11-9-29-53(57)54-30-10-12-32-58(54)65)67(63-35-15-23-45-19-3-7-27-51(45)63)64-36-16-24-46-20-4-8-28-52(46)64/h1-42H. The molecule has 2 aliphatic carbocycles. The van der Waals surface area contributed by atoms with Crippen molar-refractivity contribution in [2.24, 2.45) is 0 Å². The maximum atomic E-state index is 2.52. The van der Waals surface area contributed by atoms with Gasteiger partial charge in [-0.2, -0.15) is 0 Å². The van der Waals surface area contributed by atoms with Gasteiger partial charge in [-0.25, -0.2) is 0 Å². The van der Waals surface area contributed by atoms with Crippen LogP contribution in [-0.4, -0.2) is 0 Å². The van der Waals surface area contributed by atoms with Crippen molar-refractivity contribution in [3.8, 4) is 22.3 Å². The molecule has 0 heterocycles. The van der Waals surface area contributed by atoms with E-state index >= 15 is 0 Å². The molecule has 2 heteroatoms. The van der Waals surface area contributed by atoms with E-state index in [1.54, 1.807) is 0 Å². The molecule has 2 nitrogen and oxygen atoms in total. The van der Waals surface area contributed by atoms with Crippen LogP contribution in [0.25, 0.3) is 65.3 Å². The SMILES string of the molecule is c1ccc2c(c1)-c1ccccc1C21c2cc(N(c3cccc4ccccc34)c3cccc4ccccc34)ccc2-c2ccc(N(c3cccc4ccccc34)c3cccc4ccccc34)cc21. The first-order chi connectivity index (χ1) is 33.3. The molecule has 12 aromatic carbocycles. The quantitative estimate of drug-likeness (QED) is 0.164. The fraction of sp³-hybridized carbons (Fsp3) is 0.0154. The van der Waals surface area contributed by atoms with E-state index in [9.17, 15) is 0 Å². The normalized spacial score (nSPS) is 12.9. The highest BCUT2D eigenvalue weighted by Gasteiger charge is 2.52. The lowest BCUT2D eigenvalue weighted by Gasteiger charge is -2.34. The summed E-state index contributed by atoms with van der Waals surface area (Å²) in [6, 6.07) is 94.7. The molecular weight excluding hydrogens is 809 g/mol. The Kier molecular flexibility index (Phi) is 8.23. The second-order valence-corrected chi connectivity index (χ2v) is 18.0. The van der Waals surface area contributed by atoms with Gasteiger partial charge in [-0.1, -0.05) is 206 Å². The number of hydrogen-bond donors (Lipinski definition) is 0. The Morgan fingerprint density at radius 3 is 0.866 bits per heavy atom. The Morgan fingerprint density at radius 1 is 0.224 bits per heavy atom. The summed E-state index contributed by atoms with van der Waals surface area (Å²) in [5.41, 5.74) is 16.5. The predicted octanol–water partition coefficient (Wildman–Crippen LogP) is 17.6. The molecule has 1 spiro atoms. The molecule has 0 aliphatic heterocycles. The van der Waals surface area contributed by atoms with Crippen LogP contribution in [0.2, 0.25) is 0 Å². The van der Waals surface area contributed by atoms with Gasteiger partial charge in [-0.3, -0.25) is 0 Å². The van der Waals surface area contributed by atoms with E-state index in [0.717, 1.165) is 34.1 Å². The number of fused-ring (bicyclic) bond motifs is 14. The number of anilines is 6. The molecule has 0 fully saturated rings. The molecule has 14 rings (SSSR count). The Bertz CT molecular complexity index is 3540. The van der Waals surface area contributed by atoms with Crippen LogP contribution in [0.3, 0.4) is 0 Å². The Balaban J connectivity index is 1.07. The maximum absolute atomic E-state index is 2.52. The van der Waals surface area contributed by atoms with Crippen molar-refractivity contribution in [1.82, 2.24) is 0 Å². The molecule has 0 unspecified atom stereocenters. The van der Waals surface area contributed by atoms with Crippen LogP contribution in [0.15, 0.2) is 255 Å². The van der Waals surface area contributed by atoms with Gasteiger partial charge in [0.1, 0.15) is 0 Å². The summed E-state index contributed by atoms with van der Waals surface area (Å²) in [4.78, 5) is 5.01. The molecule has 0 saturated heterocycles. The summed E-state index contributed by atoms with van der Waals surface area (Å²) in [5.74, 6) is 0. The van der Waals surface area contributed by atoms with E-state index in [1.165, 1.54) is 87.6 Å². The van der Waals surface area contributed by atoms with E-state index in [-0.39, 0.29) is 0 Å². The molecule has 0 aromatic heterocycles. The zero-order valence-electron chi connectivity index (χ0n) is 36.6. The third kappa shape index (κ3) is 5.45. The summed E-state index contributed by atoms with van der Waals surface area (Å²) in [7, 11) is 0. The first-order valence-corrected chi connectivity index (χ1v) is 23.3. The largest absolute Gasteiger partial charge is 0.309 e. The molecule has 12 aromatic rings. The first kappa shape index (κ1) is 37.6. The van der Waals surface area contributed by atoms with Crippen molar-refractivity contribution in [2.45, 2.75) is 5.41 Å². The highest BCUT2D eigenvalue weighted by molar-refractivity contribution is 6.08. The lowest BCUT2D eigenvalue weighted by atomic mass is 9.70. The highest BCUT2D eigenvalue weighted by Crippen LogP contribution is 2.64. The first-order valence-electron chi connectivity index (χ1n) is 23.3. The smallest absolute Gasteiger partial charge is 0.0727 e. The molecule has 67 heavy (non-hydrogen) atoms. The zero-order valence-corrected chi connectivity index (χ0v) is 36.6. The minimum atomic E-state index is -0.601. The molecule has 0 bridgehead atoms. The van der Waals surface area contributed by atoms with Crippen molar-refractivity contribution in [3.63, 3.8) is 0 Å². The van der Waals surface area contributed by atoms with Crippen molar-refractivity contribution in [1.29, 1.82) is 0 Å². The third-order valence-electron chi connectivity index (χ3n) is 14.6. The number of nitrogens with zero attached hydrogens (tertiary/aromatic N) is 2. The van der Waals surface area contributed by atoms with Crippen LogP contribution < -0.4 is 9.80 Å². The number of rotatable bonds is 6. The van der Waals surface area contributed by atoms with E-state index in [4.69, 9.17) is 0 Å². The molecule has 312 valence electrons. The summed E-state index contributed by atoms with van der Waals surface area (Å²) < 4.78 is 0. The predicted molar refractivity (Wildman–Crippen MR) is 282 cm³/mol.